The van der Waals surface area contributed by atoms with Gasteiger partial charge in [0.25, 0.3) is 0 Å². The first-order valence-electron chi connectivity index (χ1n) is 6.81. The van der Waals surface area contributed by atoms with Crippen LogP contribution in [0.5, 0.6) is 11.5 Å². The van der Waals surface area contributed by atoms with Crippen LogP contribution in [-0.4, -0.2) is 19.2 Å². The smallest absolute Gasteiger partial charge is 0.161 e. The molecular weight excluding hydrogens is 262 g/mol. The lowest BCUT2D eigenvalue weighted by Gasteiger charge is -2.11. The average Bonchev–Trinajstić information content (AvgIpc) is 2.53. The van der Waals surface area contributed by atoms with Crippen LogP contribution in [0.3, 0.4) is 0 Å². The third kappa shape index (κ3) is 2.42. The first kappa shape index (κ1) is 13.4. The molecule has 2 aromatic carbocycles. The number of rotatable bonds is 3. The van der Waals surface area contributed by atoms with Gasteiger partial charge in [0.2, 0.25) is 0 Å². The molecule has 0 bridgehead atoms. The van der Waals surface area contributed by atoms with Crippen molar-refractivity contribution < 1.29 is 9.47 Å². The Morgan fingerprint density at radius 2 is 1.62 bits per heavy atom. The Morgan fingerprint density at radius 3 is 2.38 bits per heavy atom. The summed E-state index contributed by atoms with van der Waals surface area (Å²) < 4.78 is 10.7. The van der Waals surface area contributed by atoms with Crippen LogP contribution < -0.4 is 9.47 Å². The monoisotopic (exact) mass is 279 g/mol. The first-order valence-corrected chi connectivity index (χ1v) is 6.81. The minimum absolute atomic E-state index is 0.711. The minimum atomic E-state index is 0.711. The molecule has 0 aliphatic carbocycles. The van der Waals surface area contributed by atoms with Crippen molar-refractivity contribution in [3.8, 4) is 22.8 Å². The number of pyridine rings is 1. The predicted octanol–water partition coefficient (Wildman–Crippen LogP) is 4.23. The lowest BCUT2D eigenvalue weighted by atomic mass is 10.0. The van der Waals surface area contributed by atoms with E-state index in [1.807, 2.05) is 37.3 Å². The summed E-state index contributed by atoms with van der Waals surface area (Å²) >= 11 is 0. The van der Waals surface area contributed by atoms with Gasteiger partial charge >= 0.3 is 0 Å². The number of hydrogen-bond acceptors (Lipinski definition) is 3. The molecule has 0 unspecified atom stereocenters. The zero-order chi connectivity index (χ0) is 14.8. The number of fused-ring (bicyclic) bond motifs is 1. The summed E-state index contributed by atoms with van der Waals surface area (Å²) in [5.41, 5.74) is 2.98. The van der Waals surface area contributed by atoms with E-state index in [0.717, 1.165) is 28.1 Å². The first-order chi connectivity index (χ1) is 10.2. The van der Waals surface area contributed by atoms with Gasteiger partial charge < -0.3 is 9.47 Å². The summed E-state index contributed by atoms with van der Waals surface area (Å²) in [6, 6.07) is 16.3. The molecule has 0 amide bonds. The van der Waals surface area contributed by atoms with E-state index < -0.39 is 0 Å². The summed E-state index contributed by atoms with van der Waals surface area (Å²) in [5, 5.41) is 2.32. The molecule has 3 aromatic rings. The molecule has 0 fully saturated rings. The number of aromatic nitrogens is 1. The highest BCUT2D eigenvalue weighted by Crippen LogP contribution is 2.34. The Kier molecular flexibility index (Phi) is 3.48. The summed E-state index contributed by atoms with van der Waals surface area (Å²) in [6.07, 6.45) is 0. The van der Waals surface area contributed by atoms with E-state index in [2.05, 4.69) is 18.2 Å². The highest BCUT2D eigenvalue weighted by atomic mass is 16.5. The van der Waals surface area contributed by atoms with Crippen molar-refractivity contribution in [1.82, 2.24) is 4.98 Å². The van der Waals surface area contributed by atoms with E-state index in [4.69, 9.17) is 14.5 Å². The number of benzene rings is 2. The Balaban J connectivity index is 2.25. The summed E-state index contributed by atoms with van der Waals surface area (Å²) in [5.74, 6) is 1.43. The van der Waals surface area contributed by atoms with Crippen molar-refractivity contribution in [3.63, 3.8) is 0 Å². The third-order valence-electron chi connectivity index (χ3n) is 3.53. The molecule has 0 aliphatic heterocycles. The zero-order valence-electron chi connectivity index (χ0n) is 12.4. The molecular formula is C18H17NO2. The largest absolute Gasteiger partial charge is 0.493 e. The molecule has 0 spiro atoms. The van der Waals surface area contributed by atoms with Gasteiger partial charge in [0.05, 0.1) is 19.9 Å². The van der Waals surface area contributed by atoms with Gasteiger partial charge in [-0.05, 0) is 36.6 Å². The Morgan fingerprint density at radius 1 is 0.857 bits per heavy atom. The van der Waals surface area contributed by atoms with Gasteiger partial charge in [0, 0.05) is 16.6 Å². The molecule has 21 heavy (non-hydrogen) atoms. The van der Waals surface area contributed by atoms with Gasteiger partial charge in [-0.15, -0.1) is 0 Å². The fourth-order valence-electron chi connectivity index (χ4n) is 2.54. The summed E-state index contributed by atoms with van der Waals surface area (Å²) in [6.45, 7) is 2.01. The van der Waals surface area contributed by atoms with Crippen LogP contribution in [0, 0.1) is 6.92 Å². The average molecular weight is 279 g/mol. The van der Waals surface area contributed by atoms with Crippen molar-refractivity contribution >= 4 is 10.8 Å². The zero-order valence-corrected chi connectivity index (χ0v) is 12.4. The Bertz CT molecular complexity index is 796. The Labute approximate surface area is 124 Å². The molecule has 0 N–H and O–H groups in total. The van der Waals surface area contributed by atoms with E-state index in [-0.39, 0.29) is 0 Å². The highest BCUT2D eigenvalue weighted by molar-refractivity contribution is 5.95. The van der Waals surface area contributed by atoms with Crippen LogP contribution in [0.25, 0.3) is 22.0 Å². The summed E-state index contributed by atoms with van der Waals surface area (Å²) in [7, 11) is 3.28. The topological polar surface area (TPSA) is 31.4 Å². The minimum Gasteiger partial charge on any atom is -0.493 e. The van der Waals surface area contributed by atoms with Crippen molar-refractivity contribution in [2.45, 2.75) is 6.92 Å². The van der Waals surface area contributed by atoms with Crippen LogP contribution in [0.2, 0.25) is 0 Å². The SMILES string of the molecule is COc1ccc(-c2nc(C)cc3ccccc23)cc1OC. The van der Waals surface area contributed by atoms with Gasteiger partial charge in [-0.3, -0.25) is 4.98 Å². The molecule has 0 saturated carbocycles. The van der Waals surface area contributed by atoms with Gasteiger partial charge in [-0.1, -0.05) is 24.3 Å². The maximum atomic E-state index is 5.39. The van der Waals surface area contributed by atoms with Crippen LogP contribution in [0.1, 0.15) is 5.69 Å². The molecule has 0 atom stereocenters. The standard InChI is InChI=1S/C18H17NO2/c1-12-10-13-6-4-5-7-15(13)18(19-12)14-8-9-16(20-2)17(11-14)21-3/h4-11H,1-3H3. The molecule has 3 heteroatoms. The molecule has 1 heterocycles. The van der Waals surface area contributed by atoms with E-state index in [0.29, 0.717) is 5.75 Å². The number of nitrogens with zero attached hydrogens (tertiary/aromatic N) is 1. The molecule has 0 aliphatic rings. The number of hydrogen-bond donors (Lipinski definition) is 0. The second kappa shape index (κ2) is 5.44. The number of methoxy groups -OCH3 is 2. The predicted molar refractivity (Wildman–Crippen MR) is 85.0 cm³/mol. The fourth-order valence-corrected chi connectivity index (χ4v) is 2.54. The molecule has 0 radical (unpaired) electrons. The van der Waals surface area contributed by atoms with Gasteiger partial charge in [0.1, 0.15) is 0 Å². The van der Waals surface area contributed by atoms with E-state index in [9.17, 15) is 0 Å². The highest BCUT2D eigenvalue weighted by Gasteiger charge is 2.10. The molecule has 0 saturated heterocycles. The fraction of sp³-hybridized carbons (Fsp3) is 0.167. The lowest BCUT2D eigenvalue weighted by Crippen LogP contribution is -1.93. The van der Waals surface area contributed by atoms with Gasteiger partial charge in [0.15, 0.2) is 11.5 Å². The molecule has 3 nitrogen and oxygen atoms in total. The molecule has 3 rings (SSSR count). The van der Waals surface area contributed by atoms with Gasteiger partial charge in [-0.25, -0.2) is 0 Å². The maximum Gasteiger partial charge on any atom is 0.161 e. The number of ether oxygens (including phenoxy) is 2. The normalized spacial score (nSPS) is 10.6. The summed E-state index contributed by atoms with van der Waals surface area (Å²) in [4.78, 5) is 4.71. The van der Waals surface area contributed by atoms with Crippen LogP contribution in [-0.2, 0) is 0 Å². The van der Waals surface area contributed by atoms with E-state index in [1.54, 1.807) is 14.2 Å². The van der Waals surface area contributed by atoms with E-state index in [1.165, 1.54) is 5.39 Å². The van der Waals surface area contributed by atoms with Crippen LogP contribution in [0.15, 0.2) is 48.5 Å². The second-order valence-electron chi connectivity index (χ2n) is 4.90. The van der Waals surface area contributed by atoms with Crippen molar-refractivity contribution in [3.05, 3.63) is 54.2 Å². The quantitative estimate of drug-likeness (QED) is 0.719. The third-order valence-corrected chi connectivity index (χ3v) is 3.53. The molecule has 106 valence electrons. The van der Waals surface area contributed by atoms with Crippen LogP contribution in [0.4, 0.5) is 0 Å². The van der Waals surface area contributed by atoms with Gasteiger partial charge in [-0.2, -0.15) is 0 Å². The van der Waals surface area contributed by atoms with Crippen molar-refractivity contribution in [2.24, 2.45) is 0 Å². The lowest BCUT2D eigenvalue weighted by molar-refractivity contribution is 0.355. The van der Waals surface area contributed by atoms with E-state index >= 15 is 0 Å². The number of aryl methyl sites for hydroxylation is 1. The Hall–Kier alpha value is -2.55. The maximum absolute atomic E-state index is 5.39. The van der Waals surface area contributed by atoms with Crippen molar-refractivity contribution in [1.29, 1.82) is 0 Å². The second-order valence-corrected chi connectivity index (χ2v) is 4.90. The molecule has 1 aromatic heterocycles. The van der Waals surface area contributed by atoms with Crippen molar-refractivity contribution in [2.75, 3.05) is 14.2 Å². The van der Waals surface area contributed by atoms with Crippen LogP contribution >= 0.6 is 0 Å².